The second-order valence-corrected chi connectivity index (χ2v) is 9.39. The molecule has 0 bridgehead atoms. The fourth-order valence-electron chi connectivity index (χ4n) is 4.32. The molecule has 1 aromatic heterocycles. The average Bonchev–Trinajstić information content (AvgIpc) is 3.09. The van der Waals surface area contributed by atoms with Gasteiger partial charge in [0, 0.05) is 17.1 Å². The summed E-state index contributed by atoms with van der Waals surface area (Å²) < 4.78 is 55.3. The van der Waals surface area contributed by atoms with Gasteiger partial charge < -0.3 is 0 Å². The van der Waals surface area contributed by atoms with Crippen LogP contribution in [0.3, 0.4) is 0 Å². The second-order valence-electron chi connectivity index (χ2n) is 7.58. The van der Waals surface area contributed by atoms with Gasteiger partial charge in [-0.3, -0.25) is 0 Å². The van der Waals surface area contributed by atoms with E-state index in [1.165, 1.54) is 6.07 Å². The van der Waals surface area contributed by atoms with Crippen LogP contribution in [0.15, 0.2) is 53.6 Å². The van der Waals surface area contributed by atoms with Gasteiger partial charge in [0.15, 0.2) is 0 Å². The lowest BCUT2D eigenvalue weighted by atomic mass is 9.82. The summed E-state index contributed by atoms with van der Waals surface area (Å²) in [6.45, 7) is 1.80. The Bertz CT molecular complexity index is 1110. The van der Waals surface area contributed by atoms with Crippen molar-refractivity contribution in [1.29, 1.82) is 0 Å². The molecule has 0 spiro atoms. The highest BCUT2D eigenvalue weighted by atomic mass is 32.2. The summed E-state index contributed by atoms with van der Waals surface area (Å²) in [4.78, 5) is 0.105. The highest BCUT2D eigenvalue weighted by Gasteiger charge is 2.28. The molecule has 3 nitrogen and oxygen atoms in total. The van der Waals surface area contributed by atoms with Gasteiger partial charge in [0.1, 0.15) is 0 Å². The fourth-order valence-corrected chi connectivity index (χ4v) is 5.80. The van der Waals surface area contributed by atoms with Crippen molar-refractivity contribution in [3.8, 4) is 0 Å². The first-order valence-electron chi connectivity index (χ1n) is 9.64. The Morgan fingerprint density at radius 3 is 2.43 bits per heavy atom. The number of alkyl halides is 2. The van der Waals surface area contributed by atoms with Crippen LogP contribution in [0.2, 0.25) is 0 Å². The summed E-state index contributed by atoms with van der Waals surface area (Å²) in [6.07, 6.45) is 3.60. The van der Waals surface area contributed by atoms with Gasteiger partial charge in [0.2, 0.25) is 0 Å². The normalized spacial score (nSPS) is 16.1. The van der Waals surface area contributed by atoms with Crippen LogP contribution in [0.25, 0.3) is 10.9 Å². The first-order chi connectivity index (χ1) is 13.4. The van der Waals surface area contributed by atoms with Crippen molar-refractivity contribution in [2.24, 2.45) is 0 Å². The number of nitrogens with zero attached hydrogens (tertiary/aromatic N) is 1. The van der Waals surface area contributed by atoms with Gasteiger partial charge in [-0.2, -0.15) is 0 Å². The number of fused-ring (bicyclic) bond motifs is 1. The van der Waals surface area contributed by atoms with E-state index >= 15 is 0 Å². The maximum atomic E-state index is 13.9. The van der Waals surface area contributed by atoms with Crippen LogP contribution in [-0.4, -0.2) is 12.4 Å². The lowest BCUT2D eigenvalue weighted by Gasteiger charge is -2.23. The zero-order valence-electron chi connectivity index (χ0n) is 15.7. The predicted molar refractivity (Wildman–Crippen MR) is 106 cm³/mol. The molecule has 1 saturated carbocycles. The fraction of sp³-hybridized carbons (Fsp3) is 0.364. The standard InChI is InChI=1S/C22H23F2NO2S/c1-15-7-5-10-17(13-15)28(26,27)25-14-19(22(23)24)21-18(11-6-12-20(21)25)16-8-3-2-4-9-16/h5-7,10-14,16,22H,2-4,8-9H2,1H3. The summed E-state index contributed by atoms with van der Waals surface area (Å²) in [7, 11) is -3.96. The molecular formula is C22H23F2NO2S. The molecule has 0 saturated heterocycles. The third-order valence-corrected chi connectivity index (χ3v) is 7.35. The predicted octanol–water partition coefficient (Wildman–Crippen LogP) is 6.17. The summed E-state index contributed by atoms with van der Waals surface area (Å²) in [5, 5.41) is 0.403. The van der Waals surface area contributed by atoms with Crippen LogP contribution in [0.4, 0.5) is 8.78 Å². The largest absolute Gasteiger partial charge is 0.268 e. The second kappa shape index (κ2) is 7.32. The van der Waals surface area contributed by atoms with E-state index in [9.17, 15) is 17.2 Å². The molecule has 1 aliphatic rings. The van der Waals surface area contributed by atoms with E-state index in [-0.39, 0.29) is 16.4 Å². The molecule has 4 rings (SSSR count). The molecule has 0 radical (unpaired) electrons. The van der Waals surface area contributed by atoms with Crippen molar-refractivity contribution < 1.29 is 17.2 Å². The number of hydrogen-bond donors (Lipinski definition) is 0. The maximum Gasteiger partial charge on any atom is 0.268 e. The molecule has 148 valence electrons. The minimum Gasteiger partial charge on any atom is -0.241 e. The van der Waals surface area contributed by atoms with Crippen molar-refractivity contribution in [2.45, 2.75) is 56.3 Å². The molecule has 1 fully saturated rings. The van der Waals surface area contributed by atoms with Crippen LogP contribution < -0.4 is 0 Å². The highest BCUT2D eigenvalue weighted by Crippen LogP contribution is 2.41. The van der Waals surface area contributed by atoms with Crippen molar-refractivity contribution in [1.82, 2.24) is 3.97 Å². The zero-order valence-corrected chi connectivity index (χ0v) is 16.6. The highest BCUT2D eigenvalue weighted by molar-refractivity contribution is 7.90. The minimum atomic E-state index is -3.96. The lowest BCUT2D eigenvalue weighted by Crippen LogP contribution is -2.12. The third-order valence-electron chi connectivity index (χ3n) is 5.68. The molecule has 0 unspecified atom stereocenters. The Labute approximate surface area is 164 Å². The molecule has 0 aliphatic heterocycles. The first-order valence-corrected chi connectivity index (χ1v) is 11.1. The molecular weight excluding hydrogens is 380 g/mol. The zero-order chi connectivity index (χ0) is 19.9. The van der Waals surface area contributed by atoms with E-state index in [0.29, 0.717) is 10.9 Å². The monoisotopic (exact) mass is 403 g/mol. The van der Waals surface area contributed by atoms with E-state index in [1.807, 2.05) is 6.07 Å². The molecule has 3 aromatic rings. The molecule has 0 atom stereocenters. The van der Waals surface area contributed by atoms with Gasteiger partial charge in [-0.15, -0.1) is 0 Å². The van der Waals surface area contributed by atoms with E-state index in [0.717, 1.165) is 53.4 Å². The van der Waals surface area contributed by atoms with Crippen LogP contribution in [0.5, 0.6) is 0 Å². The minimum absolute atomic E-state index is 0.105. The number of aromatic nitrogens is 1. The van der Waals surface area contributed by atoms with Gasteiger partial charge in [0.05, 0.1) is 10.4 Å². The summed E-state index contributed by atoms with van der Waals surface area (Å²) in [5.74, 6) is 0.201. The Hall–Kier alpha value is -2.21. The van der Waals surface area contributed by atoms with Crippen LogP contribution in [-0.2, 0) is 10.0 Å². The number of halogens is 2. The van der Waals surface area contributed by atoms with E-state index in [1.54, 1.807) is 37.3 Å². The van der Waals surface area contributed by atoms with E-state index in [4.69, 9.17) is 0 Å². The SMILES string of the molecule is Cc1cccc(S(=O)(=O)n2cc(C(F)F)c3c(C4CCCCC4)cccc32)c1. The lowest BCUT2D eigenvalue weighted by molar-refractivity contribution is 0.153. The molecule has 2 aromatic carbocycles. The van der Waals surface area contributed by atoms with Crippen LogP contribution in [0, 0.1) is 6.92 Å². The molecule has 0 N–H and O–H groups in total. The van der Waals surface area contributed by atoms with Crippen molar-refractivity contribution in [3.05, 3.63) is 65.4 Å². The summed E-state index contributed by atoms with van der Waals surface area (Å²) in [6, 6.07) is 11.8. The van der Waals surface area contributed by atoms with E-state index in [2.05, 4.69) is 0 Å². The number of benzene rings is 2. The summed E-state index contributed by atoms with van der Waals surface area (Å²) >= 11 is 0. The maximum absolute atomic E-state index is 13.9. The molecule has 0 amide bonds. The summed E-state index contributed by atoms with van der Waals surface area (Å²) in [5.41, 5.74) is 1.78. The third kappa shape index (κ3) is 3.24. The molecule has 28 heavy (non-hydrogen) atoms. The smallest absolute Gasteiger partial charge is 0.241 e. The Morgan fingerprint density at radius 2 is 1.75 bits per heavy atom. The van der Waals surface area contributed by atoms with Gasteiger partial charge >= 0.3 is 0 Å². The van der Waals surface area contributed by atoms with Gasteiger partial charge in [-0.1, -0.05) is 43.5 Å². The number of aryl methyl sites for hydroxylation is 1. The average molecular weight is 403 g/mol. The Morgan fingerprint density at radius 1 is 1.04 bits per heavy atom. The Balaban J connectivity index is 1.96. The van der Waals surface area contributed by atoms with E-state index < -0.39 is 16.4 Å². The van der Waals surface area contributed by atoms with Crippen LogP contribution in [0.1, 0.15) is 61.1 Å². The first kappa shape index (κ1) is 19.1. The van der Waals surface area contributed by atoms with Gasteiger partial charge in [-0.25, -0.2) is 21.2 Å². The quantitative estimate of drug-likeness (QED) is 0.522. The molecule has 1 heterocycles. The van der Waals surface area contributed by atoms with Gasteiger partial charge in [0.25, 0.3) is 16.4 Å². The number of rotatable bonds is 4. The van der Waals surface area contributed by atoms with Crippen molar-refractivity contribution >= 4 is 20.9 Å². The molecule has 1 aliphatic carbocycles. The van der Waals surface area contributed by atoms with Crippen LogP contribution >= 0.6 is 0 Å². The topological polar surface area (TPSA) is 39.1 Å². The molecule has 6 heteroatoms. The number of hydrogen-bond acceptors (Lipinski definition) is 2. The van der Waals surface area contributed by atoms with Crippen molar-refractivity contribution in [2.75, 3.05) is 0 Å². The van der Waals surface area contributed by atoms with Crippen molar-refractivity contribution in [3.63, 3.8) is 0 Å². The Kier molecular flexibility index (Phi) is 5.00. The van der Waals surface area contributed by atoms with Gasteiger partial charge in [-0.05, 0) is 55.0 Å².